The molecule has 0 aromatic carbocycles. The van der Waals surface area contributed by atoms with Crippen molar-refractivity contribution in [2.45, 2.75) is 78.5 Å². The molecule has 0 saturated heterocycles. The van der Waals surface area contributed by atoms with Gasteiger partial charge in [0, 0.05) is 39.9 Å². The van der Waals surface area contributed by atoms with Crippen LogP contribution in [0.3, 0.4) is 0 Å². The van der Waals surface area contributed by atoms with E-state index in [2.05, 4.69) is 38.1 Å². The minimum atomic E-state index is -0.528. The summed E-state index contributed by atoms with van der Waals surface area (Å²) in [7, 11) is 3.61. The number of aryl methyl sites for hydroxylation is 1. The molecule has 0 aliphatic rings. The second-order valence-electron chi connectivity index (χ2n) is 8.53. The first-order valence-corrected chi connectivity index (χ1v) is 11.0. The molecule has 0 aliphatic heterocycles. The fraction of sp³-hybridized carbons (Fsp3) is 0.810. The predicted octanol–water partition coefficient (Wildman–Crippen LogP) is 2.28. The molecule has 0 saturated carbocycles. The quantitative estimate of drug-likeness (QED) is 0.260. The number of rotatable bonds is 12. The molecule has 1 unspecified atom stereocenters. The Morgan fingerprint density at radius 2 is 1.97 bits per heavy atom. The molecular formula is C21H41N7O3. The molecular weight excluding hydrogens is 398 g/mol. The van der Waals surface area contributed by atoms with Gasteiger partial charge in [0.15, 0.2) is 11.8 Å². The average Bonchev–Trinajstić information content (AvgIpc) is 3.01. The monoisotopic (exact) mass is 439 g/mol. The van der Waals surface area contributed by atoms with E-state index in [-0.39, 0.29) is 6.04 Å². The number of carbonyl (C=O) groups excluding carboxylic acids is 1. The first kappa shape index (κ1) is 26.7. The molecule has 3 N–H and O–H groups in total. The zero-order valence-corrected chi connectivity index (χ0v) is 20.2. The summed E-state index contributed by atoms with van der Waals surface area (Å²) in [5.74, 6) is 2.30. The summed E-state index contributed by atoms with van der Waals surface area (Å²) in [5, 5.41) is 17.9. The number of carbonyl (C=O) groups is 1. The molecule has 1 aromatic heterocycles. The third-order valence-corrected chi connectivity index (χ3v) is 4.52. The molecule has 0 fully saturated rings. The Morgan fingerprint density at radius 3 is 2.55 bits per heavy atom. The van der Waals surface area contributed by atoms with E-state index in [0.717, 1.165) is 43.9 Å². The Kier molecular flexibility index (Phi) is 11.9. The fourth-order valence-electron chi connectivity index (χ4n) is 2.70. The molecule has 1 amide bonds. The first-order valence-electron chi connectivity index (χ1n) is 11.0. The van der Waals surface area contributed by atoms with Crippen LogP contribution in [0.1, 0.15) is 65.0 Å². The van der Waals surface area contributed by atoms with Crippen LogP contribution >= 0.6 is 0 Å². The molecule has 1 heterocycles. The third kappa shape index (κ3) is 11.6. The van der Waals surface area contributed by atoms with E-state index in [1.54, 1.807) is 7.11 Å². The Bertz CT molecular complexity index is 683. The Morgan fingerprint density at radius 1 is 1.23 bits per heavy atom. The van der Waals surface area contributed by atoms with Gasteiger partial charge in [0.25, 0.3) is 0 Å². The molecule has 0 aliphatic carbocycles. The number of guanidine groups is 1. The number of methoxy groups -OCH3 is 1. The van der Waals surface area contributed by atoms with Gasteiger partial charge in [-0.3, -0.25) is 0 Å². The molecule has 1 atom stereocenters. The summed E-state index contributed by atoms with van der Waals surface area (Å²) in [5.41, 5.74) is -0.528. The summed E-state index contributed by atoms with van der Waals surface area (Å²) in [6, 6.07) is 0.0161. The van der Waals surface area contributed by atoms with Gasteiger partial charge < -0.3 is 30.0 Å². The Balaban J connectivity index is 2.80. The van der Waals surface area contributed by atoms with Crippen LogP contribution in [-0.2, 0) is 23.1 Å². The highest BCUT2D eigenvalue weighted by molar-refractivity contribution is 5.80. The summed E-state index contributed by atoms with van der Waals surface area (Å²) in [6.45, 7) is 11.8. The molecule has 1 aromatic rings. The minimum Gasteiger partial charge on any atom is -0.444 e. The lowest BCUT2D eigenvalue weighted by Gasteiger charge is -2.24. The van der Waals surface area contributed by atoms with Crippen molar-refractivity contribution in [1.82, 2.24) is 30.7 Å². The number of hydrogen-bond donors (Lipinski definition) is 3. The maximum absolute atomic E-state index is 12.1. The number of hydrogen-bond acceptors (Lipinski definition) is 6. The van der Waals surface area contributed by atoms with Crippen molar-refractivity contribution in [3.05, 3.63) is 11.6 Å². The first-order chi connectivity index (χ1) is 14.7. The van der Waals surface area contributed by atoms with Gasteiger partial charge in [0.05, 0.1) is 0 Å². The second-order valence-corrected chi connectivity index (χ2v) is 8.53. The summed E-state index contributed by atoms with van der Waals surface area (Å²) < 4.78 is 12.4. The van der Waals surface area contributed by atoms with E-state index >= 15 is 0 Å². The van der Waals surface area contributed by atoms with Crippen LogP contribution in [0.2, 0.25) is 0 Å². The second kappa shape index (κ2) is 13.8. The smallest absolute Gasteiger partial charge is 0.407 e. The van der Waals surface area contributed by atoms with Crippen molar-refractivity contribution in [2.75, 3.05) is 26.8 Å². The highest BCUT2D eigenvalue weighted by atomic mass is 16.6. The van der Waals surface area contributed by atoms with Crippen LogP contribution in [0, 0.1) is 6.92 Å². The lowest BCUT2D eigenvalue weighted by molar-refractivity contribution is 0.0522. The molecule has 10 heteroatoms. The van der Waals surface area contributed by atoms with Crippen molar-refractivity contribution in [2.24, 2.45) is 12.0 Å². The van der Waals surface area contributed by atoms with Gasteiger partial charge >= 0.3 is 6.09 Å². The lowest BCUT2D eigenvalue weighted by Crippen LogP contribution is -2.49. The van der Waals surface area contributed by atoms with Crippen LogP contribution < -0.4 is 16.0 Å². The number of ether oxygens (including phenoxy) is 2. The van der Waals surface area contributed by atoms with Crippen molar-refractivity contribution in [1.29, 1.82) is 0 Å². The van der Waals surface area contributed by atoms with Crippen LogP contribution in [0.4, 0.5) is 4.79 Å². The van der Waals surface area contributed by atoms with Crippen LogP contribution in [0.5, 0.6) is 0 Å². The van der Waals surface area contributed by atoms with Gasteiger partial charge in [-0.15, -0.1) is 10.2 Å². The molecule has 0 bridgehead atoms. The minimum absolute atomic E-state index is 0.0161. The van der Waals surface area contributed by atoms with Gasteiger partial charge in [-0.25, -0.2) is 9.79 Å². The molecule has 10 nitrogen and oxygen atoms in total. The third-order valence-electron chi connectivity index (χ3n) is 4.52. The molecule has 31 heavy (non-hydrogen) atoms. The number of nitrogens with zero attached hydrogens (tertiary/aromatic N) is 4. The van der Waals surface area contributed by atoms with E-state index in [9.17, 15) is 4.79 Å². The van der Waals surface area contributed by atoms with Crippen molar-refractivity contribution in [3.8, 4) is 0 Å². The van der Waals surface area contributed by atoms with Gasteiger partial charge in [-0.1, -0.05) is 19.8 Å². The normalized spacial score (nSPS) is 13.1. The topological polar surface area (TPSA) is 115 Å². The van der Waals surface area contributed by atoms with Gasteiger partial charge in [-0.2, -0.15) is 0 Å². The number of aromatic nitrogens is 3. The van der Waals surface area contributed by atoms with E-state index in [1.165, 1.54) is 0 Å². The van der Waals surface area contributed by atoms with Crippen LogP contribution in [0.15, 0.2) is 4.99 Å². The fourth-order valence-corrected chi connectivity index (χ4v) is 2.70. The number of amides is 1. The Hall–Kier alpha value is -2.36. The van der Waals surface area contributed by atoms with Crippen LogP contribution in [-0.4, -0.2) is 65.3 Å². The summed E-state index contributed by atoms with van der Waals surface area (Å²) >= 11 is 0. The largest absolute Gasteiger partial charge is 0.444 e. The lowest BCUT2D eigenvalue weighted by atomic mass is 10.1. The van der Waals surface area contributed by atoms with Gasteiger partial charge in [-0.05, 0) is 40.5 Å². The summed E-state index contributed by atoms with van der Waals surface area (Å²) in [6.07, 6.45) is 3.44. The SMILES string of the molecule is CCCCC(CNC(=O)OC(C)(C)C)NC(=NCc1nnc(C)n1C)NCCCOC. The van der Waals surface area contributed by atoms with E-state index < -0.39 is 11.7 Å². The zero-order valence-electron chi connectivity index (χ0n) is 20.2. The number of nitrogens with one attached hydrogen (secondary N) is 3. The highest BCUT2D eigenvalue weighted by Gasteiger charge is 2.18. The van der Waals surface area contributed by atoms with E-state index in [0.29, 0.717) is 25.7 Å². The van der Waals surface area contributed by atoms with Gasteiger partial charge in [0.1, 0.15) is 18.0 Å². The molecule has 178 valence electrons. The van der Waals surface area contributed by atoms with Gasteiger partial charge in [0.2, 0.25) is 0 Å². The number of aliphatic imine (C=N–C) groups is 1. The van der Waals surface area contributed by atoms with E-state index in [4.69, 9.17) is 9.47 Å². The average molecular weight is 440 g/mol. The summed E-state index contributed by atoms with van der Waals surface area (Å²) in [4.78, 5) is 16.8. The Labute approximate surface area is 186 Å². The van der Waals surface area contributed by atoms with E-state index in [1.807, 2.05) is 39.3 Å². The van der Waals surface area contributed by atoms with Crippen molar-refractivity contribution < 1.29 is 14.3 Å². The molecule has 1 rings (SSSR count). The number of alkyl carbamates (subject to hydrolysis) is 1. The maximum Gasteiger partial charge on any atom is 0.407 e. The highest BCUT2D eigenvalue weighted by Crippen LogP contribution is 2.07. The van der Waals surface area contributed by atoms with Crippen molar-refractivity contribution in [3.63, 3.8) is 0 Å². The predicted molar refractivity (Wildman–Crippen MR) is 122 cm³/mol. The molecule has 0 radical (unpaired) electrons. The van der Waals surface area contributed by atoms with Crippen molar-refractivity contribution >= 4 is 12.1 Å². The maximum atomic E-state index is 12.1. The van der Waals surface area contributed by atoms with Crippen LogP contribution in [0.25, 0.3) is 0 Å². The zero-order chi connectivity index (χ0) is 23.3. The number of unbranched alkanes of at least 4 members (excludes halogenated alkanes) is 1. The molecule has 0 spiro atoms. The standard InChI is InChI=1S/C21H41N7O3/c1-8-9-11-17(14-24-20(29)31-21(3,4)5)25-19(22-12-10-13-30-7)23-15-18-27-26-16(2)28(18)6/h17H,8-15H2,1-7H3,(H,24,29)(H2,22,23,25).